The van der Waals surface area contributed by atoms with Crippen molar-refractivity contribution in [1.82, 2.24) is 19.5 Å². The van der Waals surface area contributed by atoms with Crippen molar-refractivity contribution in [2.45, 2.75) is 32.8 Å². The topological polar surface area (TPSA) is 97.0 Å². The molecule has 0 saturated heterocycles. The summed E-state index contributed by atoms with van der Waals surface area (Å²) in [6.07, 6.45) is 5.08. The Labute approximate surface area is 144 Å². The van der Waals surface area contributed by atoms with Gasteiger partial charge in [0.2, 0.25) is 0 Å². The van der Waals surface area contributed by atoms with E-state index in [-0.39, 0.29) is 11.7 Å². The predicted octanol–water partition coefficient (Wildman–Crippen LogP) is 2.45. The monoisotopic (exact) mass is 344 g/mol. The second-order valence-electron chi connectivity index (χ2n) is 6.87. The molecule has 1 amide bonds. The van der Waals surface area contributed by atoms with Crippen molar-refractivity contribution >= 4 is 23.3 Å². The Morgan fingerprint density at radius 3 is 2.68 bits per heavy atom. The molecule has 8 heteroatoms. The first-order chi connectivity index (χ1) is 11.7. The number of hydrogen-bond acceptors (Lipinski definition) is 5. The first-order valence-corrected chi connectivity index (χ1v) is 7.98. The molecule has 8 nitrogen and oxygen atoms in total. The summed E-state index contributed by atoms with van der Waals surface area (Å²) in [5.41, 5.74) is 1.57. The number of hydrogen-bond donors (Lipinski definition) is 1. The molecule has 0 spiro atoms. The zero-order valence-corrected chi connectivity index (χ0v) is 14.4. The van der Waals surface area contributed by atoms with Gasteiger partial charge in [-0.3, -0.25) is 0 Å². The molecule has 1 aliphatic heterocycles. The van der Waals surface area contributed by atoms with E-state index in [1.165, 1.54) is 12.4 Å². The Kier molecular flexibility index (Phi) is 4.20. The fraction of sp³-hybridized carbons (Fsp3) is 0.412. The Morgan fingerprint density at radius 1 is 1.32 bits per heavy atom. The minimum Gasteiger partial charge on any atom is -0.478 e. The second-order valence-corrected chi connectivity index (χ2v) is 6.87. The van der Waals surface area contributed by atoms with Gasteiger partial charge < -0.3 is 14.7 Å². The molecule has 0 fully saturated rings. The molecule has 25 heavy (non-hydrogen) atoms. The quantitative estimate of drug-likeness (QED) is 0.899. The molecule has 0 radical (unpaired) electrons. The van der Waals surface area contributed by atoms with Gasteiger partial charge in [0.1, 0.15) is 11.9 Å². The van der Waals surface area contributed by atoms with Gasteiger partial charge in [0.15, 0.2) is 5.65 Å². The number of carboxylic acid groups (broad SMARTS) is 1. The third-order valence-electron chi connectivity index (χ3n) is 3.85. The van der Waals surface area contributed by atoms with Gasteiger partial charge in [-0.25, -0.2) is 19.1 Å². The van der Waals surface area contributed by atoms with E-state index in [1.807, 2.05) is 26.8 Å². The summed E-state index contributed by atoms with van der Waals surface area (Å²) in [6, 6.07) is 1.51. The lowest BCUT2D eigenvalue weighted by molar-refractivity contribution is 0.0270. The van der Waals surface area contributed by atoms with Crippen molar-refractivity contribution in [2.75, 3.05) is 13.1 Å². The first kappa shape index (κ1) is 16.9. The van der Waals surface area contributed by atoms with E-state index in [9.17, 15) is 14.7 Å². The number of carbonyl (C=O) groups excluding carboxylic acids is 1. The highest BCUT2D eigenvalue weighted by molar-refractivity contribution is 5.95. The van der Waals surface area contributed by atoms with Crippen molar-refractivity contribution < 1.29 is 19.4 Å². The van der Waals surface area contributed by atoms with Crippen LogP contribution in [0.15, 0.2) is 24.7 Å². The molecule has 2 aromatic rings. The number of carbonyl (C=O) groups is 2. The van der Waals surface area contributed by atoms with Gasteiger partial charge in [-0.2, -0.15) is 5.10 Å². The number of aromatic nitrogens is 3. The summed E-state index contributed by atoms with van der Waals surface area (Å²) in [5.74, 6) is -1.02. The van der Waals surface area contributed by atoms with Crippen LogP contribution >= 0.6 is 0 Å². The van der Waals surface area contributed by atoms with Gasteiger partial charge in [0.25, 0.3) is 0 Å². The normalized spacial score (nSPS) is 15.2. The molecule has 132 valence electrons. The SMILES string of the molecule is CC(C)(C)OC(=O)N1CC=C(c2cn3ncnc3cc2C(=O)O)CC1. The van der Waals surface area contributed by atoms with Crippen molar-refractivity contribution in [3.63, 3.8) is 0 Å². The minimum absolute atomic E-state index is 0.178. The van der Waals surface area contributed by atoms with Crippen molar-refractivity contribution in [1.29, 1.82) is 0 Å². The Bertz CT molecular complexity index is 863. The summed E-state index contributed by atoms with van der Waals surface area (Å²) in [7, 11) is 0. The van der Waals surface area contributed by atoms with Crippen LogP contribution in [0, 0.1) is 0 Å². The standard InChI is InChI=1S/C17H20N4O4/c1-17(2,3)25-16(24)20-6-4-11(5-7-20)13-9-21-14(18-10-19-21)8-12(13)15(22)23/h4,8-10H,5-7H2,1-3H3,(H,22,23). The highest BCUT2D eigenvalue weighted by Gasteiger charge is 2.25. The van der Waals surface area contributed by atoms with Crippen molar-refractivity contribution in [3.8, 4) is 0 Å². The molecule has 1 aliphatic rings. The summed E-state index contributed by atoms with van der Waals surface area (Å²) in [6.45, 7) is 6.31. The lowest BCUT2D eigenvalue weighted by Crippen LogP contribution is -2.39. The molecular weight excluding hydrogens is 324 g/mol. The van der Waals surface area contributed by atoms with E-state index >= 15 is 0 Å². The summed E-state index contributed by atoms with van der Waals surface area (Å²) < 4.78 is 6.91. The number of fused-ring (bicyclic) bond motifs is 1. The minimum atomic E-state index is -1.02. The van der Waals surface area contributed by atoms with E-state index in [0.717, 1.165) is 5.57 Å². The zero-order valence-electron chi connectivity index (χ0n) is 14.4. The first-order valence-electron chi connectivity index (χ1n) is 7.98. The Balaban J connectivity index is 1.86. The number of amides is 1. The van der Waals surface area contributed by atoms with Crippen molar-refractivity contribution in [3.05, 3.63) is 35.8 Å². The predicted molar refractivity (Wildman–Crippen MR) is 90.3 cm³/mol. The van der Waals surface area contributed by atoms with E-state index in [4.69, 9.17) is 4.74 Å². The average Bonchev–Trinajstić information content (AvgIpc) is 2.99. The second kappa shape index (κ2) is 6.19. The van der Waals surface area contributed by atoms with Gasteiger partial charge in [0, 0.05) is 24.8 Å². The van der Waals surface area contributed by atoms with Crippen LogP contribution in [0.25, 0.3) is 11.2 Å². The summed E-state index contributed by atoms with van der Waals surface area (Å²) in [5, 5.41) is 13.6. The molecule has 2 aromatic heterocycles. The fourth-order valence-electron chi connectivity index (χ4n) is 2.70. The number of pyridine rings is 1. The van der Waals surface area contributed by atoms with Crippen molar-refractivity contribution in [2.24, 2.45) is 0 Å². The number of carboxylic acids is 1. The van der Waals surface area contributed by atoms with Crippen LogP contribution in [0.5, 0.6) is 0 Å². The summed E-state index contributed by atoms with van der Waals surface area (Å²) >= 11 is 0. The van der Waals surface area contributed by atoms with E-state index < -0.39 is 11.6 Å². The maximum Gasteiger partial charge on any atom is 0.410 e. The van der Waals surface area contributed by atoms with Crippen LogP contribution in [0.4, 0.5) is 4.79 Å². The fourth-order valence-corrected chi connectivity index (χ4v) is 2.70. The maximum absolute atomic E-state index is 12.1. The van der Waals surface area contributed by atoms with Gasteiger partial charge >= 0.3 is 12.1 Å². The Hall–Kier alpha value is -2.90. The molecule has 0 unspecified atom stereocenters. The van der Waals surface area contributed by atoms with Crippen LogP contribution < -0.4 is 0 Å². The summed E-state index contributed by atoms with van der Waals surface area (Å²) in [4.78, 5) is 29.3. The van der Waals surface area contributed by atoms with Crippen LogP contribution in [-0.2, 0) is 4.74 Å². The highest BCUT2D eigenvalue weighted by Crippen LogP contribution is 2.27. The molecule has 3 rings (SSSR count). The Morgan fingerprint density at radius 2 is 2.08 bits per heavy atom. The van der Waals surface area contributed by atoms with E-state index in [2.05, 4.69) is 10.1 Å². The zero-order chi connectivity index (χ0) is 18.2. The van der Waals surface area contributed by atoms with Gasteiger partial charge in [-0.15, -0.1) is 0 Å². The number of ether oxygens (including phenoxy) is 1. The number of rotatable bonds is 2. The van der Waals surface area contributed by atoms with Gasteiger partial charge in [-0.05, 0) is 38.8 Å². The molecule has 1 N–H and O–H groups in total. The van der Waals surface area contributed by atoms with Crippen LogP contribution in [0.1, 0.15) is 43.1 Å². The van der Waals surface area contributed by atoms with Gasteiger partial charge in [-0.1, -0.05) is 6.08 Å². The number of aromatic carboxylic acids is 1. The third kappa shape index (κ3) is 3.62. The molecule has 0 aromatic carbocycles. The van der Waals surface area contributed by atoms with Gasteiger partial charge in [0.05, 0.1) is 5.56 Å². The molecular formula is C17H20N4O4. The van der Waals surface area contributed by atoms with Crippen LogP contribution in [-0.4, -0.2) is 55.4 Å². The smallest absolute Gasteiger partial charge is 0.410 e. The molecule has 0 saturated carbocycles. The lowest BCUT2D eigenvalue weighted by atomic mass is 9.96. The van der Waals surface area contributed by atoms with E-state index in [0.29, 0.717) is 30.7 Å². The largest absolute Gasteiger partial charge is 0.478 e. The van der Waals surface area contributed by atoms with Crippen LogP contribution in [0.3, 0.4) is 0 Å². The molecule has 3 heterocycles. The molecule has 0 bridgehead atoms. The third-order valence-corrected chi connectivity index (χ3v) is 3.85. The maximum atomic E-state index is 12.1. The van der Waals surface area contributed by atoms with E-state index in [1.54, 1.807) is 15.6 Å². The average molecular weight is 344 g/mol. The molecule has 0 aliphatic carbocycles. The molecule has 0 atom stereocenters. The lowest BCUT2D eigenvalue weighted by Gasteiger charge is -2.29. The highest BCUT2D eigenvalue weighted by atomic mass is 16.6. The number of nitrogens with zero attached hydrogens (tertiary/aromatic N) is 4. The van der Waals surface area contributed by atoms with Crippen LogP contribution in [0.2, 0.25) is 0 Å².